The van der Waals surface area contributed by atoms with Gasteiger partial charge in [0.05, 0.1) is 22.5 Å². The van der Waals surface area contributed by atoms with Crippen LogP contribution >= 0.6 is 0 Å². The van der Waals surface area contributed by atoms with Gasteiger partial charge in [0, 0.05) is 6.54 Å². The highest BCUT2D eigenvalue weighted by atomic mass is 32.2. The lowest BCUT2D eigenvalue weighted by atomic mass is 9.41. The van der Waals surface area contributed by atoms with Crippen LogP contribution in [0.2, 0.25) is 0 Å². The monoisotopic (exact) mass is 625 g/mol. The molecule has 4 saturated carbocycles. The SMILES string of the molecule is CC[C@H]1[C@@H](O)[C@@H]2[C@H](CC[C@]3(C)C([C@H](C)CCNC(=O)NS(=O)(=O)c4ccc(C(C)(C)C#N)cc4)CC[C@@H]23)[C@@]2(C)CCCC[C@@H]12. The summed E-state index contributed by atoms with van der Waals surface area (Å²) in [6, 6.07) is 7.57. The molecule has 0 spiro atoms. The van der Waals surface area contributed by atoms with Crippen LogP contribution in [0.3, 0.4) is 0 Å². The fraction of sp³-hybridized carbons (Fsp3) is 0.778. The molecule has 2 amide bonds. The van der Waals surface area contributed by atoms with Gasteiger partial charge in [-0.15, -0.1) is 0 Å². The Bertz CT molecular complexity index is 1350. The Labute approximate surface area is 266 Å². The van der Waals surface area contributed by atoms with Gasteiger partial charge < -0.3 is 10.4 Å². The molecule has 244 valence electrons. The summed E-state index contributed by atoms with van der Waals surface area (Å²) >= 11 is 0. The minimum Gasteiger partial charge on any atom is -0.393 e. The maximum atomic E-state index is 12.8. The molecule has 10 atom stereocenters. The topological polar surface area (TPSA) is 119 Å². The van der Waals surface area contributed by atoms with Crippen molar-refractivity contribution >= 4 is 16.1 Å². The van der Waals surface area contributed by atoms with Crippen molar-refractivity contribution in [3.63, 3.8) is 0 Å². The van der Waals surface area contributed by atoms with Crippen molar-refractivity contribution in [1.82, 2.24) is 10.0 Å². The van der Waals surface area contributed by atoms with Crippen LogP contribution in [0, 0.1) is 63.6 Å². The van der Waals surface area contributed by atoms with Gasteiger partial charge in [-0.05, 0) is 129 Å². The number of nitrogens with zero attached hydrogens (tertiary/aromatic N) is 1. The Morgan fingerprint density at radius 1 is 1.05 bits per heavy atom. The number of carbonyl (C=O) groups excluding carboxylic acids is 1. The fourth-order valence-corrected chi connectivity index (χ4v) is 11.9. The molecule has 5 rings (SSSR count). The van der Waals surface area contributed by atoms with Crippen molar-refractivity contribution in [2.24, 2.45) is 52.3 Å². The van der Waals surface area contributed by atoms with Crippen molar-refractivity contribution in [2.45, 2.75) is 122 Å². The van der Waals surface area contributed by atoms with E-state index >= 15 is 0 Å². The highest BCUT2D eigenvalue weighted by Crippen LogP contribution is 2.69. The van der Waals surface area contributed by atoms with E-state index in [0.717, 1.165) is 19.3 Å². The van der Waals surface area contributed by atoms with E-state index in [4.69, 9.17) is 0 Å². The highest BCUT2D eigenvalue weighted by Gasteiger charge is 2.64. The molecule has 7 nitrogen and oxygen atoms in total. The molecule has 4 aliphatic rings. The zero-order valence-corrected chi connectivity index (χ0v) is 28.6. The van der Waals surface area contributed by atoms with Gasteiger partial charge in [0.1, 0.15) is 0 Å². The van der Waals surface area contributed by atoms with E-state index < -0.39 is 21.5 Å². The molecule has 0 saturated heterocycles. The second-order valence-corrected chi connectivity index (χ2v) is 17.5. The number of nitrogens with one attached hydrogen (secondary N) is 2. The molecule has 4 aliphatic carbocycles. The number of aliphatic hydroxyl groups excluding tert-OH is 1. The molecule has 4 fully saturated rings. The first kappa shape index (κ1) is 33.3. The van der Waals surface area contributed by atoms with Crippen molar-refractivity contribution in [3.05, 3.63) is 29.8 Å². The molecule has 0 aromatic heterocycles. The van der Waals surface area contributed by atoms with Crippen molar-refractivity contribution in [2.75, 3.05) is 6.54 Å². The minimum absolute atomic E-state index is 0.0114. The fourth-order valence-electron chi connectivity index (χ4n) is 11.0. The average Bonchev–Trinajstić information content (AvgIpc) is 3.34. The van der Waals surface area contributed by atoms with Gasteiger partial charge in [-0.25, -0.2) is 17.9 Å². The summed E-state index contributed by atoms with van der Waals surface area (Å²) in [6.07, 6.45) is 11.7. The van der Waals surface area contributed by atoms with E-state index in [2.05, 4.69) is 43.8 Å². The normalized spacial score (nSPS) is 37.5. The maximum absolute atomic E-state index is 12.8. The zero-order chi connectivity index (χ0) is 32.1. The van der Waals surface area contributed by atoms with E-state index in [1.165, 1.54) is 57.1 Å². The third-order valence-corrected chi connectivity index (χ3v) is 14.7. The molecular weight excluding hydrogens is 570 g/mol. The van der Waals surface area contributed by atoms with E-state index in [-0.39, 0.29) is 16.4 Å². The molecule has 3 N–H and O–H groups in total. The van der Waals surface area contributed by atoms with Gasteiger partial charge in [-0.3, -0.25) is 0 Å². The summed E-state index contributed by atoms with van der Waals surface area (Å²) in [6.45, 7) is 13.6. The van der Waals surface area contributed by atoms with Crippen LogP contribution < -0.4 is 10.0 Å². The number of sulfonamides is 1. The summed E-state index contributed by atoms with van der Waals surface area (Å²) in [5.74, 6) is 3.56. The summed E-state index contributed by atoms with van der Waals surface area (Å²) in [5.41, 5.74) is 0.532. The Hall–Kier alpha value is -2.11. The third-order valence-electron chi connectivity index (χ3n) is 13.4. The number of benzene rings is 1. The van der Waals surface area contributed by atoms with Gasteiger partial charge in [0.15, 0.2) is 0 Å². The molecule has 8 heteroatoms. The quantitative estimate of drug-likeness (QED) is 0.283. The Morgan fingerprint density at radius 3 is 2.39 bits per heavy atom. The first-order valence-electron chi connectivity index (χ1n) is 17.2. The van der Waals surface area contributed by atoms with E-state index in [1.807, 2.05) is 0 Å². The molecule has 0 radical (unpaired) electrons. The van der Waals surface area contributed by atoms with Crippen molar-refractivity contribution in [1.29, 1.82) is 5.26 Å². The lowest BCUT2D eigenvalue weighted by Crippen LogP contribution is -2.61. The number of urea groups is 1. The van der Waals surface area contributed by atoms with Crippen molar-refractivity contribution < 1.29 is 18.3 Å². The van der Waals surface area contributed by atoms with Crippen LogP contribution in [0.15, 0.2) is 29.2 Å². The molecule has 1 aromatic carbocycles. The van der Waals surface area contributed by atoms with Gasteiger partial charge >= 0.3 is 6.03 Å². The number of hydrogen-bond acceptors (Lipinski definition) is 5. The van der Waals surface area contributed by atoms with E-state index in [0.29, 0.717) is 58.9 Å². The van der Waals surface area contributed by atoms with Crippen molar-refractivity contribution in [3.8, 4) is 6.07 Å². The number of amides is 2. The Kier molecular flexibility index (Phi) is 9.26. The predicted molar refractivity (Wildman–Crippen MR) is 173 cm³/mol. The molecule has 44 heavy (non-hydrogen) atoms. The summed E-state index contributed by atoms with van der Waals surface area (Å²) in [5, 5.41) is 24.0. The standard InChI is InChI=1S/C36H55N3O4S/c1-7-26-28-10-8-9-19-35(28,5)30-17-20-36(6)27(15-16-29(36)31(30)32(26)40)23(2)18-21-38-33(41)39-44(42,43)25-13-11-24(12-14-25)34(3,4)22-37/h11-14,23,26-32,40H,7-10,15-21H2,1-6H3,(H2,38,39,41)/t23-,26-,27?,28+,29+,30+,31+,32-,35+,36-/m1/s1. The third kappa shape index (κ3) is 5.70. The number of hydrogen-bond donors (Lipinski definition) is 3. The Balaban J connectivity index is 1.19. The molecule has 0 aliphatic heterocycles. The van der Waals surface area contributed by atoms with Crippen LogP contribution in [-0.2, 0) is 15.4 Å². The van der Waals surface area contributed by atoms with Gasteiger partial charge in [-0.2, -0.15) is 5.26 Å². The smallest absolute Gasteiger partial charge is 0.328 e. The summed E-state index contributed by atoms with van der Waals surface area (Å²) in [7, 11) is -4.03. The second-order valence-electron chi connectivity index (χ2n) is 15.8. The maximum Gasteiger partial charge on any atom is 0.328 e. The number of aliphatic hydroxyl groups is 1. The number of carbonyl (C=O) groups is 1. The molecule has 1 unspecified atom stereocenters. The van der Waals surface area contributed by atoms with Crippen LogP contribution in [0.1, 0.15) is 111 Å². The largest absolute Gasteiger partial charge is 0.393 e. The number of nitriles is 1. The van der Waals surface area contributed by atoms with Crippen LogP contribution in [0.5, 0.6) is 0 Å². The lowest BCUT2D eigenvalue weighted by molar-refractivity contribution is -0.194. The van der Waals surface area contributed by atoms with E-state index in [1.54, 1.807) is 26.0 Å². The second kappa shape index (κ2) is 12.2. The molecule has 1 aromatic rings. The number of fused-ring (bicyclic) bond motifs is 5. The Morgan fingerprint density at radius 2 is 1.73 bits per heavy atom. The van der Waals surface area contributed by atoms with Gasteiger partial charge in [-0.1, -0.05) is 59.1 Å². The van der Waals surface area contributed by atoms with Crippen LogP contribution in [0.4, 0.5) is 4.79 Å². The molecule has 0 heterocycles. The van der Waals surface area contributed by atoms with Crippen LogP contribution in [0.25, 0.3) is 0 Å². The van der Waals surface area contributed by atoms with Crippen LogP contribution in [-0.4, -0.2) is 32.2 Å². The lowest BCUT2D eigenvalue weighted by Gasteiger charge is -2.64. The average molecular weight is 626 g/mol. The minimum atomic E-state index is -4.03. The number of rotatable bonds is 8. The predicted octanol–water partition coefficient (Wildman–Crippen LogP) is 7.16. The zero-order valence-electron chi connectivity index (χ0n) is 27.7. The van der Waals surface area contributed by atoms with Gasteiger partial charge in [0.2, 0.25) is 0 Å². The first-order chi connectivity index (χ1) is 20.7. The molecular formula is C36H55N3O4S. The summed E-state index contributed by atoms with van der Waals surface area (Å²) < 4.78 is 27.8. The highest BCUT2D eigenvalue weighted by molar-refractivity contribution is 7.90. The summed E-state index contributed by atoms with van der Waals surface area (Å²) in [4.78, 5) is 12.6. The molecule has 0 bridgehead atoms. The van der Waals surface area contributed by atoms with E-state index in [9.17, 15) is 23.6 Å². The first-order valence-corrected chi connectivity index (χ1v) is 18.7. The van der Waals surface area contributed by atoms with Gasteiger partial charge in [0.25, 0.3) is 10.0 Å².